The van der Waals surface area contributed by atoms with Crippen LogP contribution < -0.4 is 5.56 Å². The fraction of sp³-hybridized carbons (Fsp3) is 0.294. The Morgan fingerprint density at radius 2 is 1.92 bits per heavy atom. The van der Waals surface area contributed by atoms with Crippen molar-refractivity contribution in [3.8, 4) is 5.88 Å². The number of fused-ring (bicyclic) bond motifs is 1. The zero-order valence-electron chi connectivity index (χ0n) is 13.8. The molecule has 24 heavy (non-hydrogen) atoms. The predicted molar refractivity (Wildman–Crippen MR) is 96.6 cm³/mol. The second kappa shape index (κ2) is 6.41. The van der Waals surface area contributed by atoms with Crippen molar-refractivity contribution in [2.45, 2.75) is 19.9 Å². The number of aryl methyl sites for hydroxylation is 1. The maximum Gasteiger partial charge on any atom is 0.258 e. The number of benzene rings is 1. The molecule has 0 bridgehead atoms. The molecule has 0 radical (unpaired) electrons. The molecule has 1 aromatic carbocycles. The molecule has 0 aliphatic carbocycles. The SMILES string of the molecule is Cc1nn2c(O)c(Cc3ccc(Br)cc3)c(=O)[nH]c2c1CN(C)C. The number of aromatic amines is 1. The standard InChI is InChI=1S/C17H19BrN4O2/c1-10-14(9-21(2)3)15-19-16(23)13(17(24)22(15)20-10)8-11-4-6-12(18)7-5-11/h4-7,24H,8-9H2,1-3H3,(H,19,23). The van der Waals surface area contributed by atoms with Crippen LogP contribution in [0.5, 0.6) is 5.88 Å². The average Bonchev–Trinajstić information content (AvgIpc) is 2.82. The molecular weight excluding hydrogens is 372 g/mol. The van der Waals surface area contributed by atoms with Crippen molar-refractivity contribution in [1.82, 2.24) is 19.5 Å². The van der Waals surface area contributed by atoms with Crippen LogP contribution in [-0.4, -0.2) is 38.7 Å². The van der Waals surface area contributed by atoms with E-state index in [0.29, 0.717) is 24.2 Å². The molecule has 2 aromatic heterocycles. The monoisotopic (exact) mass is 390 g/mol. The second-order valence-corrected chi connectivity index (χ2v) is 7.04. The van der Waals surface area contributed by atoms with Gasteiger partial charge in [-0.1, -0.05) is 28.1 Å². The van der Waals surface area contributed by atoms with E-state index in [1.807, 2.05) is 50.2 Å². The summed E-state index contributed by atoms with van der Waals surface area (Å²) in [5.41, 5.74) is 3.20. The Labute approximate surface area is 147 Å². The molecule has 0 saturated carbocycles. The summed E-state index contributed by atoms with van der Waals surface area (Å²) in [6.07, 6.45) is 0.340. The molecule has 0 saturated heterocycles. The number of hydrogen-bond acceptors (Lipinski definition) is 4. The van der Waals surface area contributed by atoms with E-state index in [4.69, 9.17) is 0 Å². The van der Waals surface area contributed by atoms with Gasteiger partial charge in [0.1, 0.15) is 5.65 Å². The van der Waals surface area contributed by atoms with Crippen LogP contribution >= 0.6 is 15.9 Å². The predicted octanol–water partition coefficient (Wildman–Crippen LogP) is 2.45. The lowest BCUT2D eigenvalue weighted by Crippen LogP contribution is -2.17. The lowest BCUT2D eigenvalue weighted by Gasteiger charge is -2.10. The van der Waals surface area contributed by atoms with Crippen LogP contribution in [0, 0.1) is 6.92 Å². The quantitative estimate of drug-likeness (QED) is 0.717. The summed E-state index contributed by atoms with van der Waals surface area (Å²) in [6.45, 7) is 2.51. The van der Waals surface area contributed by atoms with Gasteiger partial charge < -0.3 is 15.0 Å². The summed E-state index contributed by atoms with van der Waals surface area (Å²) in [4.78, 5) is 17.4. The third-order valence-electron chi connectivity index (χ3n) is 3.93. The molecule has 0 unspecified atom stereocenters. The minimum absolute atomic E-state index is 0.107. The van der Waals surface area contributed by atoms with Crippen molar-refractivity contribution in [1.29, 1.82) is 0 Å². The van der Waals surface area contributed by atoms with Gasteiger partial charge in [0.15, 0.2) is 0 Å². The smallest absolute Gasteiger partial charge is 0.258 e. The largest absolute Gasteiger partial charge is 0.493 e. The molecule has 7 heteroatoms. The summed E-state index contributed by atoms with van der Waals surface area (Å²) in [7, 11) is 3.89. The van der Waals surface area contributed by atoms with Crippen LogP contribution in [0.15, 0.2) is 33.5 Å². The minimum Gasteiger partial charge on any atom is -0.493 e. The van der Waals surface area contributed by atoms with E-state index >= 15 is 0 Å². The zero-order valence-corrected chi connectivity index (χ0v) is 15.4. The lowest BCUT2D eigenvalue weighted by atomic mass is 10.1. The van der Waals surface area contributed by atoms with E-state index in [0.717, 1.165) is 21.3 Å². The van der Waals surface area contributed by atoms with E-state index in [2.05, 4.69) is 26.0 Å². The van der Waals surface area contributed by atoms with Crippen molar-refractivity contribution in [2.24, 2.45) is 0 Å². The summed E-state index contributed by atoms with van der Waals surface area (Å²) in [5, 5.41) is 15.0. The van der Waals surface area contributed by atoms with Gasteiger partial charge in [-0.15, -0.1) is 0 Å². The second-order valence-electron chi connectivity index (χ2n) is 6.12. The fourth-order valence-corrected chi connectivity index (χ4v) is 2.99. The first kappa shape index (κ1) is 16.7. The fourth-order valence-electron chi connectivity index (χ4n) is 2.72. The van der Waals surface area contributed by atoms with Gasteiger partial charge in [0.05, 0.1) is 11.3 Å². The van der Waals surface area contributed by atoms with Gasteiger partial charge in [0, 0.05) is 23.0 Å². The van der Waals surface area contributed by atoms with Crippen LogP contribution in [-0.2, 0) is 13.0 Å². The molecule has 6 nitrogen and oxygen atoms in total. The van der Waals surface area contributed by atoms with Crippen LogP contribution in [0.3, 0.4) is 0 Å². The van der Waals surface area contributed by atoms with Gasteiger partial charge in [-0.25, -0.2) is 0 Å². The first-order valence-corrected chi connectivity index (χ1v) is 8.37. The Morgan fingerprint density at radius 1 is 1.25 bits per heavy atom. The first-order valence-electron chi connectivity index (χ1n) is 7.58. The Kier molecular flexibility index (Phi) is 4.47. The first-order chi connectivity index (χ1) is 11.4. The van der Waals surface area contributed by atoms with Crippen molar-refractivity contribution in [3.63, 3.8) is 0 Å². The van der Waals surface area contributed by atoms with E-state index < -0.39 is 0 Å². The maximum atomic E-state index is 12.5. The van der Waals surface area contributed by atoms with E-state index in [-0.39, 0.29) is 11.4 Å². The maximum absolute atomic E-state index is 12.5. The van der Waals surface area contributed by atoms with Gasteiger partial charge in [0.2, 0.25) is 5.88 Å². The Bertz CT molecular complexity index is 942. The number of aromatic nitrogens is 3. The third-order valence-corrected chi connectivity index (χ3v) is 4.46. The van der Waals surface area contributed by atoms with Gasteiger partial charge in [-0.2, -0.15) is 9.61 Å². The van der Waals surface area contributed by atoms with Crippen molar-refractivity contribution in [2.75, 3.05) is 14.1 Å². The van der Waals surface area contributed by atoms with E-state index in [1.54, 1.807) is 0 Å². The third kappa shape index (κ3) is 3.09. The molecule has 126 valence electrons. The molecule has 2 N–H and O–H groups in total. The molecule has 0 spiro atoms. The minimum atomic E-state index is -0.289. The highest BCUT2D eigenvalue weighted by molar-refractivity contribution is 9.10. The van der Waals surface area contributed by atoms with E-state index in [1.165, 1.54) is 4.52 Å². The molecule has 3 rings (SSSR count). The summed E-state index contributed by atoms with van der Waals surface area (Å²) >= 11 is 3.39. The zero-order chi connectivity index (χ0) is 17.4. The molecule has 0 aliphatic heterocycles. The number of nitrogens with zero attached hydrogens (tertiary/aromatic N) is 3. The Morgan fingerprint density at radius 3 is 2.54 bits per heavy atom. The summed E-state index contributed by atoms with van der Waals surface area (Å²) < 4.78 is 2.39. The van der Waals surface area contributed by atoms with Crippen molar-refractivity contribution in [3.05, 3.63) is 61.5 Å². The van der Waals surface area contributed by atoms with Crippen molar-refractivity contribution < 1.29 is 5.11 Å². The summed E-state index contributed by atoms with van der Waals surface area (Å²) in [6, 6.07) is 7.65. The number of nitrogens with one attached hydrogen (secondary N) is 1. The van der Waals surface area contributed by atoms with Crippen LogP contribution in [0.4, 0.5) is 0 Å². The highest BCUT2D eigenvalue weighted by Gasteiger charge is 2.18. The molecule has 2 heterocycles. The highest BCUT2D eigenvalue weighted by Crippen LogP contribution is 2.22. The molecular formula is C17H19BrN4O2. The van der Waals surface area contributed by atoms with Gasteiger partial charge in [-0.3, -0.25) is 4.79 Å². The number of H-pyrrole nitrogens is 1. The molecule has 3 aromatic rings. The molecule has 0 fully saturated rings. The number of halogens is 1. The Hall–Kier alpha value is -2.12. The molecule has 0 amide bonds. The Balaban J connectivity index is 2.10. The topological polar surface area (TPSA) is 73.6 Å². The molecule has 0 aliphatic rings. The lowest BCUT2D eigenvalue weighted by molar-refractivity contribution is 0.402. The normalized spacial score (nSPS) is 11.5. The summed E-state index contributed by atoms with van der Waals surface area (Å²) in [5.74, 6) is -0.107. The van der Waals surface area contributed by atoms with Gasteiger partial charge in [0.25, 0.3) is 5.56 Å². The van der Waals surface area contributed by atoms with Gasteiger partial charge in [-0.05, 0) is 38.7 Å². The van der Waals surface area contributed by atoms with Gasteiger partial charge >= 0.3 is 0 Å². The van der Waals surface area contributed by atoms with Crippen LogP contribution in [0.2, 0.25) is 0 Å². The number of aromatic hydroxyl groups is 1. The van der Waals surface area contributed by atoms with Crippen molar-refractivity contribution >= 4 is 21.6 Å². The average molecular weight is 391 g/mol. The van der Waals surface area contributed by atoms with Crippen LogP contribution in [0.25, 0.3) is 5.65 Å². The highest BCUT2D eigenvalue weighted by atomic mass is 79.9. The van der Waals surface area contributed by atoms with E-state index in [9.17, 15) is 9.90 Å². The number of hydrogen-bond donors (Lipinski definition) is 2. The number of rotatable bonds is 4. The van der Waals surface area contributed by atoms with Crippen LogP contribution in [0.1, 0.15) is 22.4 Å². The molecule has 0 atom stereocenters.